The number of rotatable bonds is 8. The fraction of sp³-hybridized carbons (Fsp3) is 0.481. The summed E-state index contributed by atoms with van der Waals surface area (Å²) < 4.78 is 27.8. The molecule has 0 N–H and O–H groups in total. The highest BCUT2D eigenvalue weighted by atomic mass is 32.2. The monoisotopic (exact) mass is 497 g/mol. The van der Waals surface area contributed by atoms with Gasteiger partial charge in [-0.3, -0.25) is 9.59 Å². The van der Waals surface area contributed by atoms with Crippen LogP contribution in [0.25, 0.3) is 0 Å². The first-order valence-electron chi connectivity index (χ1n) is 12.4. The van der Waals surface area contributed by atoms with E-state index in [0.29, 0.717) is 13.0 Å². The van der Waals surface area contributed by atoms with Gasteiger partial charge in [-0.05, 0) is 69.4 Å². The van der Waals surface area contributed by atoms with Gasteiger partial charge in [0, 0.05) is 37.3 Å². The zero-order valence-corrected chi connectivity index (χ0v) is 21.8. The maximum atomic E-state index is 13.4. The Kier molecular flexibility index (Phi) is 7.33. The third kappa shape index (κ3) is 5.14. The summed E-state index contributed by atoms with van der Waals surface area (Å²) in [6, 6.07) is 14.6. The lowest BCUT2D eigenvalue weighted by molar-refractivity contribution is -0.133. The number of carbonyl (C=O) groups is 2. The molecule has 188 valence electrons. The molecule has 0 aromatic heterocycles. The molecule has 1 heterocycles. The maximum absolute atomic E-state index is 13.4. The van der Waals surface area contributed by atoms with Crippen LogP contribution < -0.4 is 4.90 Å². The molecule has 0 spiro atoms. The summed E-state index contributed by atoms with van der Waals surface area (Å²) >= 11 is 0. The number of hydrogen-bond donors (Lipinski definition) is 0. The molecule has 2 aromatic rings. The minimum absolute atomic E-state index is 0.00736. The van der Waals surface area contributed by atoms with Crippen molar-refractivity contribution in [1.29, 1.82) is 0 Å². The van der Waals surface area contributed by atoms with Gasteiger partial charge in [0.05, 0.1) is 11.4 Å². The van der Waals surface area contributed by atoms with Crippen molar-refractivity contribution in [3.8, 4) is 0 Å². The van der Waals surface area contributed by atoms with Crippen LogP contribution >= 0.6 is 0 Å². The van der Waals surface area contributed by atoms with Crippen LogP contribution in [0.3, 0.4) is 0 Å². The Morgan fingerprint density at radius 1 is 1.09 bits per heavy atom. The molecule has 7 nitrogen and oxygen atoms in total. The highest BCUT2D eigenvalue weighted by Crippen LogP contribution is 2.38. The van der Waals surface area contributed by atoms with Crippen molar-refractivity contribution >= 4 is 27.5 Å². The highest BCUT2D eigenvalue weighted by molar-refractivity contribution is 7.89. The van der Waals surface area contributed by atoms with E-state index in [1.807, 2.05) is 56.0 Å². The van der Waals surface area contributed by atoms with Gasteiger partial charge in [0.25, 0.3) is 0 Å². The first-order valence-corrected chi connectivity index (χ1v) is 13.8. The number of benzene rings is 2. The van der Waals surface area contributed by atoms with Crippen molar-refractivity contribution < 1.29 is 18.0 Å². The third-order valence-electron chi connectivity index (χ3n) is 7.16. The fourth-order valence-corrected chi connectivity index (χ4v) is 6.01. The van der Waals surface area contributed by atoms with Crippen molar-refractivity contribution in [3.05, 3.63) is 59.7 Å². The molecule has 1 fully saturated rings. The van der Waals surface area contributed by atoms with Crippen LogP contribution in [0.2, 0.25) is 0 Å². The Balaban J connectivity index is 1.49. The molecule has 4 rings (SSSR count). The van der Waals surface area contributed by atoms with Gasteiger partial charge in [0.15, 0.2) is 0 Å². The fourth-order valence-electron chi connectivity index (χ4n) is 4.84. The van der Waals surface area contributed by atoms with Crippen molar-refractivity contribution in [2.45, 2.75) is 70.0 Å². The first-order chi connectivity index (χ1) is 16.6. The van der Waals surface area contributed by atoms with Gasteiger partial charge in [-0.1, -0.05) is 36.8 Å². The Labute approximate surface area is 208 Å². The summed E-state index contributed by atoms with van der Waals surface area (Å²) in [5.74, 6) is -0.0151. The second-order valence-corrected chi connectivity index (χ2v) is 12.1. The van der Waals surface area contributed by atoms with Crippen LogP contribution in [-0.4, -0.2) is 55.1 Å². The molecule has 35 heavy (non-hydrogen) atoms. The number of fused-ring (bicyclic) bond motifs is 1. The van der Waals surface area contributed by atoms with E-state index >= 15 is 0 Å². The molecule has 0 unspecified atom stereocenters. The van der Waals surface area contributed by atoms with Crippen molar-refractivity contribution in [3.63, 3.8) is 0 Å². The lowest BCUT2D eigenvalue weighted by atomic mass is 9.84. The van der Waals surface area contributed by atoms with Crippen LogP contribution in [0.15, 0.2) is 53.4 Å². The molecule has 2 aromatic carbocycles. The maximum Gasteiger partial charge on any atom is 0.243 e. The van der Waals surface area contributed by atoms with E-state index in [4.69, 9.17) is 0 Å². The smallest absolute Gasteiger partial charge is 0.243 e. The second-order valence-electron chi connectivity index (χ2n) is 10.0. The number of hydrogen-bond acceptors (Lipinski definition) is 4. The average Bonchev–Trinajstić information content (AvgIpc) is 3.11. The SMILES string of the molecule is CC(C)N(Cc1ccccc1)C(=O)CN(C)S(=O)(=O)c1ccc2c(c1)C[C@H](C)N2C(=O)C1CCC1. The lowest BCUT2D eigenvalue weighted by Crippen LogP contribution is -2.43. The minimum atomic E-state index is -3.87. The highest BCUT2D eigenvalue weighted by Gasteiger charge is 2.38. The van der Waals surface area contributed by atoms with Crippen molar-refractivity contribution in [2.24, 2.45) is 5.92 Å². The third-order valence-corrected chi connectivity index (χ3v) is 8.96. The van der Waals surface area contributed by atoms with Gasteiger partial charge >= 0.3 is 0 Å². The summed E-state index contributed by atoms with van der Waals surface area (Å²) in [6.45, 7) is 6.03. The number of anilines is 1. The molecule has 8 heteroatoms. The van der Waals surface area contributed by atoms with Crippen molar-refractivity contribution in [1.82, 2.24) is 9.21 Å². The van der Waals surface area contributed by atoms with Crippen molar-refractivity contribution in [2.75, 3.05) is 18.5 Å². The number of likely N-dealkylation sites (N-methyl/N-ethyl adjacent to an activating group) is 1. The van der Waals surface area contributed by atoms with E-state index < -0.39 is 10.0 Å². The molecule has 1 atom stereocenters. The van der Waals surface area contributed by atoms with E-state index in [1.165, 1.54) is 7.05 Å². The van der Waals surface area contributed by atoms with Crippen LogP contribution in [-0.2, 0) is 32.6 Å². The number of amides is 2. The summed E-state index contributed by atoms with van der Waals surface area (Å²) in [4.78, 5) is 29.7. The zero-order valence-electron chi connectivity index (χ0n) is 21.0. The van der Waals surface area contributed by atoms with Crippen LogP contribution in [0.1, 0.15) is 51.2 Å². The van der Waals surface area contributed by atoms with Crippen LogP contribution in [0, 0.1) is 5.92 Å². The second kappa shape index (κ2) is 10.1. The van der Waals surface area contributed by atoms with E-state index in [-0.39, 0.29) is 41.3 Å². The number of carbonyl (C=O) groups excluding carboxylic acids is 2. The zero-order chi connectivity index (χ0) is 25.3. The number of sulfonamides is 1. The molecule has 0 saturated heterocycles. The Morgan fingerprint density at radius 3 is 2.37 bits per heavy atom. The normalized spacial score (nSPS) is 18.0. The van der Waals surface area contributed by atoms with Gasteiger partial charge in [-0.15, -0.1) is 0 Å². The molecule has 0 radical (unpaired) electrons. The molecule has 2 aliphatic rings. The Bertz CT molecular complexity index is 1190. The topological polar surface area (TPSA) is 78.0 Å². The van der Waals surface area contributed by atoms with Crippen LogP contribution in [0.5, 0.6) is 0 Å². The van der Waals surface area contributed by atoms with Crippen LogP contribution in [0.4, 0.5) is 5.69 Å². The molecular weight excluding hydrogens is 462 g/mol. The van der Waals surface area contributed by atoms with Gasteiger partial charge in [-0.25, -0.2) is 8.42 Å². The molecule has 1 aliphatic carbocycles. The molecule has 2 amide bonds. The van der Waals surface area contributed by atoms with Gasteiger partial charge in [0.2, 0.25) is 21.8 Å². The molecule has 0 bridgehead atoms. The van der Waals surface area contributed by atoms with Gasteiger partial charge in [0.1, 0.15) is 0 Å². The number of nitrogens with zero attached hydrogens (tertiary/aromatic N) is 3. The van der Waals surface area contributed by atoms with E-state index in [9.17, 15) is 18.0 Å². The van der Waals surface area contributed by atoms with E-state index in [1.54, 1.807) is 23.1 Å². The average molecular weight is 498 g/mol. The van der Waals surface area contributed by atoms with Gasteiger partial charge < -0.3 is 9.80 Å². The Hall–Kier alpha value is -2.71. The summed E-state index contributed by atoms with van der Waals surface area (Å²) in [7, 11) is -2.43. The predicted octanol–water partition coefficient (Wildman–Crippen LogP) is 3.82. The molecule has 1 aliphatic heterocycles. The molecule has 1 saturated carbocycles. The first kappa shape index (κ1) is 25.4. The Morgan fingerprint density at radius 2 is 1.77 bits per heavy atom. The lowest BCUT2D eigenvalue weighted by Gasteiger charge is -2.32. The van der Waals surface area contributed by atoms with E-state index in [2.05, 4.69) is 0 Å². The summed E-state index contributed by atoms with van der Waals surface area (Å²) in [5.41, 5.74) is 2.66. The summed E-state index contributed by atoms with van der Waals surface area (Å²) in [6.07, 6.45) is 3.58. The summed E-state index contributed by atoms with van der Waals surface area (Å²) in [5, 5.41) is 0. The molecular formula is C27H35N3O4S. The van der Waals surface area contributed by atoms with Gasteiger partial charge in [-0.2, -0.15) is 4.31 Å². The quantitative estimate of drug-likeness (QED) is 0.556. The largest absolute Gasteiger partial charge is 0.335 e. The standard InChI is InChI=1S/C27H35N3O4S/c1-19(2)29(17-21-9-6-5-7-10-21)26(31)18-28(4)35(33,34)24-13-14-25-23(16-24)15-20(3)30(25)27(32)22-11-8-12-22/h5-7,9-10,13-14,16,19-20,22H,8,11-12,15,17-18H2,1-4H3/t20-/m0/s1. The minimum Gasteiger partial charge on any atom is -0.335 e. The van der Waals surface area contributed by atoms with E-state index in [0.717, 1.165) is 40.4 Å². The predicted molar refractivity (Wildman–Crippen MR) is 136 cm³/mol.